The van der Waals surface area contributed by atoms with Gasteiger partial charge in [0.05, 0.1) is 10.5 Å². The first-order valence-corrected chi connectivity index (χ1v) is 7.07. The van der Waals surface area contributed by atoms with Gasteiger partial charge in [-0.15, -0.1) is 0 Å². The van der Waals surface area contributed by atoms with E-state index in [1.807, 2.05) is 4.90 Å². The number of anilines is 1. The van der Waals surface area contributed by atoms with Gasteiger partial charge in [-0.05, 0) is 45.2 Å². The zero-order valence-corrected chi connectivity index (χ0v) is 12.3. The molecule has 114 valence electrons. The maximum absolute atomic E-state index is 11.4. The lowest BCUT2D eigenvalue weighted by Gasteiger charge is -2.24. The largest absolute Gasteiger partial charge is 0.390 e. The minimum atomic E-state index is -0.719. The molecule has 1 aromatic carbocycles. The Morgan fingerprint density at radius 3 is 2.71 bits per heavy atom. The standard InChI is InChI=1S/C15H20N2O4/c1-11(18)12-4-5-13(14(10-12)17(20)21)16-8-3-6-15(2,19)7-9-16/h4-5,10,19H,3,6-9H2,1-2H3. The summed E-state index contributed by atoms with van der Waals surface area (Å²) in [6, 6.07) is 4.59. The molecular weight excluding hydrogens is 272 g/mol. The van der Waals surface area contributed by atoms with Crippen LogP contribution in [0.25, 0.3) is 0 Å². The molecule has 0 aromatic heterocycles. The summed E-state index contributed by atoms with van der Waals surface area (Å²) in [5, 5.41) is 21.4. The molecule has 0 aliphatic carbocycles. The van der Waals surface area contributed by atoms with Gasteiger partial charge < -0.3 is 10.0 Å². The summed E-state index contributed by atoms with van der Waals surface area (Å²) >= 11 is 0. The molecule has 6 nitrogen and oxygen atoms in total. The van der Waals surface area contributed by atoms with E-state index in [0.717, 1.165) is 6.42 Å². The number of nitro benzene ring substituents is 1. The van der Waals surface area contributed by atoms with Crippen LogP contribution in [0.2, 0.25) is 0 Å². The summed E-state index contributed by atoms with van der Waals surface area (Å²) < 4.78 is 0. The Bertz CT molecular complexity index is 569. The van der Waals surface area contributed by atoms with Crippen LogP contribution in [0.1, 0.15) is 43.5 Å². The highest BCUT2D eigenvalue weighted by Crippen LogP contribution is 2.32. The van der Waals surface area contributed by atoms with Gasteiger partial charge in [0.25, 0.3) is 5.69 Å². The maximum Gasteiger partial charge on any atom is 0.293 e. The van der Waals surface area contributed by atoms with Gasteiger partial charge in [-0.1, -0.05) is 0 Å². The number of Topliss-reactive ketones (excluding diaryl/α,β-unsaturated/α-hetero) is 1. The number of rotatable bonds is 3. The van der Waals surface area contributed by atoms with Gasteiger partial charge in [0, 0.05) is 24.7 Å². The number of carbonyl (C=O) groups is 1. The van der Waals surface area contributed by atoms with E-state index >= 15 is 0 Å². The Kier molecular flexibility index (Phi) is 4.27. The van der Waals surface area contributed by atoms with Crippen molar-refractivity contribution in [2.75, 3.05) is 18.0 Å². The van der Waals surface area contributed by atoms with Crippen molar-refractivity contribution in [1.82, 2.24) is 0 Å². The molecule has 1 aromatic rings. The van der Waals surface area contributed by atoms with Gasteiger partial charge in [-0.2, -0.15) is 0 Å². The Morgan fingerprint density at radius 1 is 1.38 bits per heavy atom. The highest BCUT2D eigenvalue weighted by atomic mass is 16.6. The van der Waals surface area contributed by atoms with Crippen LogP contribution in [0.4, 0.5) is 11.4 Å². The van der Waals surface area contributed by atoms with Crippen LogP contribution in [-0.4, -0.2) is 34.5 Å². The van der Waals surface area contributed by atoms with E-state index in [-0.39, 0.29) is 11.5 Å². The van der Waals surface area contributed by atoms with Crippen molar-refractivity contribution in [3.05, 3.63) is 33.9 Å². The van der Waals surface area contributed by atoms with Crippen LogP contribution in [0.15, 0.2) is 18.2 Å². The fourth-order valence-corrected chi connectivity index (χ4v) is 2.66. The van der Waals surface area contributed by atoms with E-state index in [9.17, 15) is 20.0 Å². The van der Waals surface area contributed by atoms with E-state index in [2.05, 4.69) is 0 Å². The quantitative estimate of drug-likeness (QED) is 0.526. The lowest BCUT2D eigenvalue weighted by Crippen LogP contribution is -2.28. The molecule has 0 spiro atoms. The summed E-state index contributed by atoms with van der Waals surface area (Å²) in [6.07, 6.45) is 2.03. The molecule has 0 saturated carbocycles. The molecular formula is C15H20N2O4. The topological polar surface area (TPSA) is 83.7 Å². The van der Waals surface area contributed by atoms with Crippen LogP contribution < -0.4 is 4.90 Å². The molecule has 1 aliphatic rings. The predicted octanol–water partition coefficient (Wildman–Crippen LogP) is 2.54. The summed E-state index contributed by atoms with van der Waals surface area (Å²) in [4.78, 5) is 24.1. The minimum Gasteiger partial charge on any atom is -0.390 e. The second kappa shape index (κ2) is 5.81. The maximum atomic E-state index is 11.4. The van der Waals surface area contributed by atoms with E-state index in [1.165, 1.54) is 13.0 Å². The zero-order valence-electron chi connectivity index (χ0n) is 12.3. The van der Waals surface area contributed by atoms with Crippen LogP contribution in [0.3, 0.4) is 0 Å². The molecule has 1 N–H and O–H groups in total. The third-order valence-electron chi connectivity index (χ3n) is 3.98. The number of aliphatic hydroxyl groups is 1. The van der Waals surface area contributed by atoms with E-state index in [4.69, 9.17) is 0 Å². The lowest BCUT2D eigenvalue weighted by atomic mass is 9.98. The smallest absolute Gasteiger partial charge is 0.293 e. The van der Waals surface area contributed by atoms with Gasteiger partial charge in [-0.3, -0.25) is 14.9 Å². The van der Waals surface area contributed by atoms with Crippen LogP contribution in [-0.2, 0) is 0 Å². The van der Waals surface area contributed by atoms with Crippen LogP contribution >= 0.6 is 0 Å². The van der Waals surface area contributed by atoms with Crippen molar-refractivity contribution < 1.29 is 14.8 Å². The van der Waals surface area contributed by atoms with Gasteiger partial charge in [0.15, 0.2) is 5.78 Å². The SMILES string of the molecule is CC(=O)c1ccc(N2CCCC(C)(O)CC2)c([N+](=O)[O-])c1. The minimum absolute atomic E-state index is 0.0516. The molecule has 1 fully saturated rings. The second-order valence-corrected chi connectivity index (χ2v) is 5.85. The summed E-state index contributed by atoms with van der Waals surface area (Å²) in [7, 11) is 0. The summed E-state index contributed by atoms with van der Waals surface area (Å²) in [5.74, 6) is -0.191. The predicted molar refractivity (Wildman–Crippen MR) is 79.8 cm³/mol. The lowest BCUT2D eigenvalue weighted by molar-refractivity contribution is -0.384. The van der Waals surface area contributed by atoms with Crippen molar-refractivity contribution in [2.45, 2.75) is 38.7 Å². The van der Waals surface area contributed by atoms with Gasteiger partial charge in [0.2, 0.25) is 0 Å². The first kappa shape index (κ1) is 15.4. The third-order valence-corrected chi connectivity index (χ3v) is 3.98. The molecule has 0 bridgehead atoms. The van der Waals surface area contributed by atoms with Crippen molar-refractivity contribution in [2.24, 2.45) is 0 Å². The molecule has 1 saturated heterocycles. The molecule has 6 heteroatoms. The summed E-state index contributed by atoms with van der Waals surface area (Å²) in [6.45, 7) is 4.41. The number of hydrogen-bond acceptors (Lipinski definition) is 5. The van der Waals surface area contributed by atoms with Crippen LogP contribution in [0, 0.1) is 10.1 Å². The molecule has 1 aliphatic heterocycles. The Morgan fingerprint density at radius 2 is 2.10 bits per heavy atom. The molecule has 1 heterocycles. The summed E-state index contributed by atoms with van der Waals surface area (Å²) in [5.41, 5.74) is 0.0854. The highest BCUT2D eigenvalue weighted by molar-refractivity contribution is 5.95. The molecule has 21 heavy (non-hydrogen) atoms. The Balaban J connectivity index is 2.34. The molecule has 1 unspecified atom stereocenters. The average molecular weight is 292 g/mol. The monoisotopic (exact) mass is 292 g/mol. The number of nitro groups is 1. The van der Waals surface area contributed by atoms with Crippen LogP contribution in [0.5, 0.6) is 0 Å². The second-order valence-electron chi connectivity index (χ2n) is 5.85. The normalized spacial score (nSPS) is 22.7. The molecule has 2 rings (SSSR count). The van der Waals surface area contributed by atoms with Crippen molar-refractivity contribution >= 4 is 17.2 Å². The average Bonchev–Trinajstić information content (AvgIpc) is 2.59. The number of benzene rings is 1. The fourth-order valence-electron chi connectivity index (χ4n) is 2.66. The number of ketones is 1. The van der Waals surface area contributed by atoms with Gasteiger partial charge >= 0.3 is 0 Å². The Hall–Kier alpha value is -1.95. The van der Waals surface area contributed by atoms with Gasteiger partial charge in [0.1, 0.15) is 5.69 Å². The number of hydrogen-bond donors (Lipinski definition) is 1. The number of carbonyl (C=O) groups excluding carboxylic acids is 1. The molecule has 1 atom stereocenters. The Labute approximate surface area is 123 Å². The fraction of sp³-hybridized carbons (Fsp3) is 0.533. The number of nitrogens with zero attached hydrogens (tertiary/aromatic N) is 2. The van der Waals surface area contributed by atoms with E-state index in [1.54, 1.807) is 19.1 Å². The van der Waals surface area contributed by atoms with E-state index < -0.39 is 10.5 Å². The van der Waals surface area contributed by atoms with Crippen molar-refractivity contribution in [1.29, 1.82) is 0 Å². The van der Waals surface area contributed by atoms with E-state index in [0.29, 0.717) is 37.2 Å². The van der Waals surface area contributed by atoms with Crippen molar-refractivity contribution in [3.8, 4) is 0 Å². The third kappa shape index (κ3) is 3.58. The van der Waals surface area contributed by atoms with Crippen molar-refractivity contribution in [3.63, 3.8) is 0 Å². The molecule has 0 radical (unpaired) electrons. The highest BCUT2D eigenvalue weighted by Gasteiger charge is 2.28. The van der Waals surface area contributed by atoms with Gasteiger partial charge in [-0.25, -0.2) is 0 Å². The first-order chi connectivity index (χ1) is 9.80. The first-order valence-electron chi connectivity index (χ1n) is 7.07. The molecule has 0 amide bonds. The zero-order chi connectivity index (χ0) is 15.6.